The summed E-state index contributed by atoms with van der Waals surface area (Å²) in [6, 6.07) is 24.3. The number of carbonyl (C=O) groups is 1. The number of methoxy groups -OCH3 is 1. The van der Waals surface area contributed by atoms with Gasteiger partial charge in [-0.2, -0.15) is 4.31 Å². The molecule has 0 atom stereocenters. The van der Waals surface area contributed by atoms with Crippen molar-refractivity contribution in [2.45, 2.75) is 17.2 Å². The number of ether oxygens (including phenoxy) is 2. The molecule has 3 aromatic rings. The highest BCUT2D eigenvalue weighted by molar-refractivity contribution is 7.89. The fraction of sp³-hybridized carbons (Fsp3) is 0.296. The van der Waals surface area contributed by atoms with Crippen LogP contribution in [0.25, 0.3) is 0 Å². The van der Waals surface area contributed by atoms with Crippen molar-refractivity contribution < 1.29 is 22.7 Å². The van der Waals surface area contributed by atoms with E-state index in [0.29, 0.717) is 25.5 Å². The molecule has 1 aliphatic rings. The molecule has 4 rings (SSSR count). The molecule has 0 radical (unpaired) electrons. The average molecular weight is 495 g/mol. The van der Waals surface area contributed by atoms with Gasteiger partial charge in [-0.05, 0) is 36.2 Å². The first-order valence-corrected chi connectivity index (χ1v) is 13.0. The van der Waals surface area contributed by atoms with E-state index in [0.717, 1.165) is 11.1 Å². The summed E-state index contributed by atoms with van der Waals surface area (Å²) in [6.45, 7) is 3.64. The minimum Gasteiger partial charge on any atom is -0.496 e. The zero-order chi connectivity index (χ0) is 24.9. The molecular formula is C27H30N2O5S. The van der Waals surface area contributed by atoms with Gasteiger partial charge in [0.25, 0.3) is 5.91 Å². The van der Waals surface area contributed by atoms with Crippen LogP contribution in [0.15, 0.2) is 83.8 Å². The molecule has 0 aliphatic carbocycles. The van der Waals surface area contributed by atoms with Gasteiger partial charge in [-0.25, -0.2) is 8.42 Å². The number of morpholine rings is 1. The minimum absolute atomic E-state index is 0.0548. The van der Waals surface area contributed by atoms with E-state index in [2.05, 4.69) is 12.2 Å². The third kappa shape index (κ3) is 5.24. The lowest BCUT2D eigenvalue weighted by atomic mass is 9.76. The molecule has 1 aliphatic heterocycles. The first-order valence-electron chi connectivity index (χ1n) is 11.5. The predicted molar refractivity (Wildman–Crippen MR) is 134 cm³/mol. The van der Waals surface area contributed by atoms with Gasteiger partial charge >= 0.3 is 0 Å². The molecular weight excluding hydrogens is 464 g/mol. The van der Waals surface area contributed by atoms with Gasteiger partial charge in [0.1, 0.15) is 5.75 Å². The van der Waals surface area contributed by atoms with Crippen molar-refractivity contribution in [3.63, 3.8) is 0 Å². The van der Waals surface area contributed by atoms with Gasteiger partial charge in [-0.15, -0.1) is 0 Å². The third-order valence-electron chi connectivity index (χ3n) is 6.45. The van der Waals surface area contributed by atoms with Crippen LogP contribution in [0.4, 0.5) is 0 Å². The van der Waals surface area contributed by atoms with Gasteiger partial charge in [0.05, 0.1) is 30.8 Å². The summed E-state index contributed by atoms with van der Waals surface area (Å²) in [5.41, 5.74) is 1.79. The topological polar surface area (TPSA) is 84.9 Å². The molecule has 35 heavy (non-hydrogen) atoms. The van der Waals surface area contributed by atoms with Crippen LogP contribution in [0.3, 0.4) is 0 Å². The Balaban J connectivity index is 1.63. The molecule has 1 heterocycles. The molecule has 0 aromatic heterocycles. The minimum atomic E-state index is -3.75. The van der Waals surface area contributed by atoms with E-state index < -0.39 is 21.3 Å². The van der Waals surface area contributed by atoms with Crippen LogP contribution in [0.5, 0.6) is 5.75 Å². The van der Waals surface area contributed by atoms with Gasteiger partial charge in [-0.1, -0.05) is 60.7 Å². The highest BCUT2D eigenvalue weighted by Crippen LogP contribution is 2.32. The average Bonchev–Trinajstić information content (AvgIpc) is 2.92. The molecule has 1 amide bonds. The molecule has 184 valence electrons. The van der Waals surface area contributed by atoms with Crippen LogP contribution < -0.4 is 10.1 Å². The predicted octanol–water partition coefficient (Wildman–Crippen LogP) is 3.45. The van der Waals surface area contributed by atoms with E-state index in [1.165, 1.54) is 29.6 Å². The Morgan fingerprint density at radius 2 is 1.54 bits per heavy atom. The molecule has 0 unspecified atom stereocenters. The van der Waals surface area contributed by atoms with Gasteiger partial charge < -0.3 is 14.8 Å². The van der Waals surface area contributed by atoms with Crippen molar-refractivity contribution in [1.29, 1.82) is 0 Å². The van der Waals surface area contributed by atoms with E-state index >= 15 is 0 Å². The Morgan fingerprint density at radius 1 is 0.971 bits per heavy atom. The van der Waals surface area contributed by atoms with Crippen molar-refractivity contribution in [2.24, 2.45) is 0 Å². The van der Waals surface area contributed by atoms with Gasteiger partial charge in [0.2, 0.25) is 10.0 Å². The monoisotopic (exact) mass is 494 g/mol. The highest BCUT2D eigenvalue weighted by Gasteiger charge is 2.31. The van der Waals surface area contributed by atoms with E-state index in [1.807, 2.05) is 60.7 Å². The summed E-state index contributed by atoms with van der Waals surface area (Å²) in [4.78, 5) is 13.4. The zero-order valence-corrected chi connectivity index (χ0v) is 20.8. The standard InChI is InChI=1S/C27H30N2O5S/c1-27(21-9-5-3-6-10-21,22-11-7-4-8-12-22)20-28-26(30)24-19-23(13-14-25(24)33-2)35(31,32)29-15-17-34-18-16-29/h3-14,19H,15-18,20H2,1-2H3,(H,28,30). The van der Waals surface area contributed by atoms with Crippen LogP contribution in [-0.4, -0.2) is 58.6 Å². The molecule has 0 saturated carbocycles. The Kier molecular flexibility index (Phi) is 7.54. The Morgan fingerprint density at radius 3 is 2.09 bits per heavy atom. The number of benzene rings is 3. The van der Waals surface area contributed by atoms with Crippen molar-refractivity contribution in [1.82, 2.24) is 9.62 Å². The molecule has 1 fully saturated rings. The Bertz CT molecular complexity index is 1220. The van der Waals surface area contributed by atoms with E-state index in [1.54, 1.807) is 0 Å². The maximum Gasteiger partial charge on any atom is 0.255 e. The lowest BCUT2D eigenvalue weighted by molar-refractivity contribution is 0.0730. The van der Waals surface area contributed by atoms with Crippen LogP contribution in [0.1, 0.15) is 28.4 Å². The molecule has 0 spiro atoms. The quantitative estimate of drug-likeness (QED) is 0.519. The fourth-order valence-corrected chi connectivity index (χ4v) is 5.73. The lowest BCUT2D eigenvalue weighted by Crippen LogP contribution is -2.41. The number of nitrogens with one attached hydrogen (secondary N) is 1. The fourth-order valence-electron chi connectivity index (χ4n) is 4.30. The summed E-state index contributed by atoms with van der Waals surface area (Å²) >= 11 is 0. The summed E-state index contributed by atoms with van der Waals surface area (Å²) in [5, 5.41) is 3.02. The van der Waals surface area contributed by atoms with Gasteiger partial charge in [0.15, 0.2) is 0 Å². The summed E-state index contributed by atoms with van der Waals surface area (Å²) in [7, 11) is -2.30. The highest BCUT2D eigenvalue weighted by atomic mass is 32.2. The van der Waals surface area contributed by atoms with Crippen molar-refractivity contribution in [3.8, 4) is 5.75 Å². The Hall–Kier alpha value is -3.20. The number of amides is 1. The number of hydrogen-bond donors (Lipinski definition) is 1. The number of rotatable bonds is 8. The molecule has 7 nitrogen and oxygen atoms in total. The smallest absolute Gasteiger partial charge is 0.255 e. The first-order chi connectivity index (χ1) is 16.9. The number of nitrogens with zero attached hydrogens (tertiary/aromatic N) is 1. The maximum atomic E-state index is 13.4. The SMILES string of the molecule is COc1ccc(S(=O)(=O)N2CCOCC2)cc1C(=O)NCC(C)(c1ccccc1)c1ccccc1. The molecule has 1 N–H and O–H groups in total. The molecule has 3 aromatic carbocycles. The normalized spacial score (nSPS) is 14.9. The second kappa shape index (κ2) is 10.6. The number of hydrogen-bond acceptors (Lipinski definition) is 5. The van der Waals surface area contributed by atoms with Gasteiger partial charge in [-0.3, -0.25) is 4.79 Å². The van der Waals surface area contributed by atoms with Crippen LogP contribution in [0, 0.1) is 0 Å². The van der Waals surface area contributed by atoms with E-state index in [-0.39, 0.29) is 23.5 Å². The first kappa shape index (κ1) is 24.9. The summed E-state index contributed by atoms with van der Waals surface area (Å²) < 4.78 is 38.3. The lowest BCUT2D eigenvalue weighted by Gasteiger charge is -2.31. The largest absolute Gasteiger partial charge is 0.496 e. The Labute approximate surface area is 206 Å². The van der Waals surface area contributed by atoms with E-state index in [4.69, 9.17) is 9.47 Å². The molecule has 0 bridgehead atoms. The van der Waals surface area contributed by atoms with Crippen LogP contribution >= 0.6 is 0 Å². The van der Waals surface area contributed by atoms with Crippen molar-refractivity contribution >= 4 is 15.9 Å². The molecule has 1 saturated heterocycles. The maximum absolute atomic E-state index is 13.4. The molecule has 8 heteroatoms. The second-order valence-electron chi connectivity index (χ2n) is 8.63. The van der Waals surface area contributed by atoms with Crippen molar-refractivity contribution in [2.75, 3.05) is 40.0 Å². The number of sulfonamides is 1. The third-order valence-corrected chi connectivity index (χ3v) is 8.34. The number of carbonyl (C=O) groups excluding carboxylic acids is 1. The summed E-state index contributed by atoms with van der Waals surface area (Å²) in [5.74, 6) is -0.0940. The van der Waals surface area contributed by atoms with E-state index in [9.17, 15) is 13.2 Å². The van der Waals surface area contributed by atoms with Crippen molar-refractivity contribution in [3.05, 3.63) is 95.6 Å². The van der Waals surface area contributed by atoms with Crippen LogP contribution in [0.2, 0.25) is 0 Å². The zero-order valence-electron chi connectivity index (χ0n) is 19.9. The second-order valence-corrected chi connectivity index (χ2v) is 10.6. The van der Waals surface area contributed by atoms with Gasteiger partial charge in [0, 0.05) is 25.0 Å². The van der Waals surface area contributed by atoms with Crippen LogP contribution in [-0.2, 0) is 20.2 Å². The summed E-state index contributed by atoms with van der Waals surface area (Å²) in [6.07, 6.45) is 0.